The van der Waals surface area contributed by atoms with Gasteiger partial charge in [-0.25, -0.2) is 14.5 Å². The number of nitrogens with one attached hydrogen (secondary N) is 1. The molecule has 1 spiro atoms. The maximum Gasteiger partial charge on any atom is 0.333 e. The van der Waals surface area contributed by atoms with Gasteiger partial charge in [0.2, 0.25) is 5.95 Å². The van der Waals surface area contributed by atoms with Crippen molar-refractivity contribution in [2.45, 2.75) is 123 Å². The predicted octanol–water partition coefficient (Wildman–Crippen LogP) is 8.26. The summed E-state index contributed by atoms with van der Waals surface area (Å²) in [6, 6.07) is -0.672. The Morgan fingerprint density at radius 3 is 2.42 bits per heavy atom. The van der Waals surface area contributed by atoms with Gasteiger partial charge in [-0.1, -0.05) is 43.2 Å². The van der Waals surface area contributed by atoms with Gasteiger partial charge in [-0.05, 0) is 86.8 Å². The molecule has 1 aromatic heterocycles. The summed E-state index contributed by atoms with van der Waals surface area (Å²) in [7, 11) is 1.32. The average Bonchev–Trinajstić information content (AvgIpc) is 3.61. The van der Waals surface area contributed by atoms with Gasteiger partial charge in [0.25, 0.3) is 0 Å². The standard InChI is InChI=1S/C44H53ClN4O8/c1-23(2)13-12-18-42(10)19-17-29-35(55-42)28(15-14-24(3)4)37-31(36(29)54-30(50)21-45)33-32-34(49-22-46-40(47-33)48-49)26(6)38(51)43(20-16-25(5)39(52)53-11)44(32,56-37)27(7)41(8,9)57-43/h13-14,16-17,19,22,26-27,34H,12,15,18,20-21H2,1-11H3,(H,47,48)/b25-16-. The summed E-state index contributed by atoms with van der Waals surface area (Å²) in [5, 5.41) is 8.32. The van der Waals surface area contributed by atoms with E-state index in [1.54, 1.807) is 24.0 Å². The molecule has 12 nitrogen and oxygen atoms in total. The SMILES string of the molecule is COC(=O)/C(C)=C\CC12OC(C)(C)C(C)C13Oc1c(CC=C(C)C)c4c(c(OC(=O)CCl)c1C1=C3C(C(C)C2=O)n2cnc(n2)N1)C=CC(C)(CCC=C(C)C)O4. The molecule has 4 aliphatic heterocycles. The van der Waals surface area contributed by atoms with Crippen LogP contribution in [0.25, 0.3) is 11.8 Å². The van der Waals surface area contributed by atoms with Crippen LogP contribution in [0.2, 0.25) is 0 Å². The number of aromatic nitrogens is 3. The second kappa shape index (κ2) is 14.3. The van der Waals surface area contributed by atoms with Gasteiger partial charge < -0.3 is 29.0 Å². The molecule has 57 heavy (non-hydrogen) atoms. The number of hydrogen-bond acceptors (Lipinski definition) is 11. The van der Waals surface area contributed by atoms with E-state index < -0.39 is 58.1 Å². The van der Waals surface area contributed by atoms with Crippen molar-refractivity contribution >= 4 is 47.0 Å². The molecule has 2 bridgehead atoms. The summed E-state index contributed by atoms with van der Waals surface area (Å²) in [4.78, 5) is 46.1. The van der Waals surface area contributed by atoms with E-state index in [0.29, 0.717) is 63.8 Å². The Hall–Kier alpha value is -4.68. The van der Waals surface area contributed by atoms with Gasteiger partial charge in [-0.2, -0.15) is 0 Å². The van der Waals surface area contributed by atoms with E-state index in [9.17, 15) is 9.59 Å². The van der Waals surface area contributed by atoms with Gasteiger partial charge in [0, 0.05) is 35.0 Å². The monoisotopic (exact) mass is 800 g/mol. The third-order valence-electron chi connectivity index (χ3n) is 12.3. The third-order valence-corrected chi connectivity index (χ3v) is 12.6. The Morgan fingerprint density at radius 2 is 1.75 bits per heavy atom. The van der Waals surface area contributed by atoms with Crippen molar-refractivity contribution in [1.82, 2.24) is 14.8 Å². The van der Waals surface area contributed by atoms with Gasteiger partial charge in [0.1, 0.15) is 29.3 Å². The molecule has 0 amide bonds. The molecule has 6 atom stereocenters. The first-order valence-corrected chi connectivity index (χ1v) is 20.1. The number of esters is 2. The van der Waals surface area contributed by atoms with E-state index in [1.165, 1.54) is 12.7 Å². The van der Waals surface area contributed by atoms with Crippen LogP contribution < -0.4 is 19.5 Å². The number of allylic oxidation sites excluding steroid dienone is 4. The van der Waals surface area contributed by atoms with Crippen molar-refractivity contribution in [3.05, 3.63) is 69.6 Å². The molecule has 1 N–H and O–H groups in total. The Labute approximate surface area is 339 Å². The normalized spacial score (nSPS) is 28.7. The van der Waals surface area contributed by atoms with E-state index in [4.69, 9.17) is 40.4 Å². The van der Waals surface area contributed by atoms with E-state index >= 15 is 4.79 Å². The Balaban J connectivity index is 1.61. The highest BCUT2D eigenvalue weighted by molar-refractivity contribution is 6.26. The van der Waals surface area contributed by atoms with E-state index in [-0.39, 0.29) is 18.0 Å². The fourth-order valence-electron chi connectivity index (χ4n) is 9.29. The number of nitrogens with zero attached hydrogens (tertiary/aromatic N) is 3. The number of anilines is 1. The fraction of sp³-hybridized carbons (Fsp3) is 0.523. The Bertz CT molecular complexity index is 2220. The number of methoxy groups -OCH3 is 1. The Morgan fingerprint density at radius 1 is 1.04 bits per heavy atom. The highest BCUT2D eigenvalue weighted by Gasteiger charge is 2.79. The van der Waals surface area contributed by atoms with E-state index in [0.717, 1.165) is 12.0 Å². The minimum absolute atomic E-state index is 0.00945. The molecule has 6 unspecified atom stereocenters. The van der Waals surface area contributed by atoms with Crippen LogP contribution in [0.1, 0.15) is 111 Å². The van der Waals surface area contributed by atoms with Crippen LogP contribution in [0.5, 0.6) is 17.2 Å². The maximum atomic E-state index is 15.4. The summed E-state index contributed by atoms with van der Waals surface area (Å²) >= 11 is 6.14. The molecule has 13 heteroatoms. The van der Waals surface area contributed by atoms with Gasteiger partial charge in [0.15, 0.2) is 22.7 Å². The molecule has 1 saturated carbocycles. The predicted molar refractivity (Wildman–Crippen MR) is 217 cm³/mol. The number of rotatable bonds is 10. The summed E-state index contributed by atoms with van der Waals surface area (Å²) in [6.07, 6.45) is 13.4. The van der Waals surface area contributed by atoms with Crippen LogP contribution >= 0.6 is 11.6 Å². The van der Waals surface area contributed by atoms with Crippen LogP contribution in [0.15, 0.2) is 52.9 Å². The van der Waals surface area contributed by atoms with Crippen LogP contribution in [0.4, 0.5) is 5.95 Å². The van der Waals surface area contributed by atoms with Crippen molar-refractivity contribution in [3.63, 3.8) is 0 Å². The number of benzene rings is 1. The molecule has 5 heterocycles. The largest absolute Gasteiger partial charge is 0.482 e. The van der Waals surface area contributed by atoms with E-state index in [1.807, 2.05) is 60.6 Å². The van der Waals surface area contributed by atoms with Crippen molar-refractivity contribution in [3.8, 4) is 17.2 Å². The number of fused-ring (bicyclic) bond motifs is 6. The van der Waals surface area contributed by atoms with E-state index in [2.05, 4.69) is 36.3 Å². The van der Waals surface area contributed by atoms with Crippen LogP contribution in [-0.2, 0) is 30.3 Å². The number of carbonyl (C=O) groups excluding carboxylic acids is 3. The van der Waals surface area contributed by atoms with Crippen LogP contribution in [-0.4, -0.2) is 67.9 Å². The lowest BCUT2D eigenvalue weighted by Crippen LogP contribution is -2.70. The molecule has 304 valence electrons. The first kappa shape index (κ1) is 40.5. The van der Waals surface area contributed by atoms with Crippen molar-refractivity contribution < 1.29 is 38.1 Å². The highest BCUT2D eigenvalue weighted by Crippen LogP contribution is 2.68. The number of Topliss-reactive ketones (excluding diaryl/α,β-unsaturated/α-hetero) is 1. The molecule has 0 radical (unpaired) electrons. The minimum atomic E-state index is -1.64. The van der Waals surface area contributed by atoms with Crippen molar-refractivity contribution in [1.29, 1.82) is 0 Å². The van der Waals surface area contributed by atoms with Gasteiger partial charge >= 0.3 is 11.9 Å². The molecular weight excluding hydrogens is 748 g/mol. The lowest BCUT2D eigenvalue weighted by molar-refractivity contribution is -0.176. The van der Waals surface area contributed by atoms with Crippen LogP contribution in [0.3, 0.4) is 0 Å². The van der Waals surface area contributed by atoms with Gasteiger partial charge in [-0.3, -0.25) is 9.59 Å². The number of halogens is 1. The first-order chi connectivity index (χ1) is 26.8. The smallest absolute Gasteiger partial charge is 0.333 e. The molecule has 1 aliphatic carbocycles. The van der Waals surface area contributed by atoms with Crippen molar-refractivity contribution in [2.24, 2.45) is 11.8 Å². The zero-order valence-electron chi connectivity index (χ0n) is 34.7. The average molecular weight is 801 g/mol. The summed E-state index contributed by atoms with van der Waals surface area (Å²) in [6.45, 7) is 19.7. The number of carbonyl (C=O) groups is 3. The van der Waals surface area contributed by atoms with Gasteiger partial charge in [-0.15, -0.1) is 16.7 Å². The Kier molecular flexibility index (Phi) is 10.2. The molecule has 1 saturated heterocycles. The quantitative estimate of drug-likeness (QED) is 0.0817. The second-order valence-corrected chi connectivity index (χ2v) is 17.4. The molecule has 2 fully saturated rings. The minimum Gasteiger partial charge on any atom is -0.482 e. The third kappa shape index (κ3) is 6.25. The summed E-state index contributed by atoms with van der Waals surface area (Å²) < 4.78 is 34.9. The molecule has 7 rings (SSSR count). The maximum absolute atomic E-state index is 15.4. The molecule has 5 aliphatic rings. The first-order valence-electron chi connectivity index (χ1n) is 19.6. The number of alkyl halides is 1. The molecular formula is C44H53ClN4O8. The second-order valence-electron chi connectivity index (χ2n) is 17.2. The fourth-order valence-corrected chi connectivity index (χ4v) is 9.34. The molecule has 2 aromatic rings. The summed E-state index contributed by atoms with van der Waals surface area (Å²) in [5.41, 5.74) is 0.852. The topological polar surface area (TPSA) is 140 Å². The highest BCUT2D eigenvalue weighted by atomic mass is 35.5. The van der Waals surface area contributed by atoms with Crippen LogP contribution in [0, 0.1) is 11.8 Å². The zero-order valence-corrected chi connectivity index (χ0v) is 35.5. The van der Waals surface area contributed by atoms with Crippen molar-refractivity contribution in [2.75, 3.05) is 18.3 Å². The zero-order chi connectivity index (χ0) is 41.4. The number of hydrogen-bond donors (Lipinski definition) is 1. The number of ether oxygens (including phenoxy) is 5. The molecule has 1 aromatic carbocycles. The summed E-state index contributed by atoms with van der Waals surface area (Å²) in [5.74, 6) is -1.56. The lowest BCUT2D eigenvalue weighted by atomic mass is 9.55. The lowest BCUT2D eigenvalue weighted by Gasteiger charge is -2.56. The van der Waals surface area contributed by atoms with Gasteiger partial charge in [0.05, 0.1) is 35.6 Å². The number of ketones is 1.